The molecular formula is HAlNO3. The topological polar surface area (TPSA) is 63.4 Å². The van der Waals surface area contributed by atoms with Gasteiger partial charge >= 0.3 is 0 Å². The monoisotopic (exact) mass is 90.0 g/mol. The predicted octanol–water partition coefficient (Wildman–Crippen LogP) is -0.729. The van der Waals surface area contributed by atoms with Gasteiger partial charge in [0.05, 0.1) is 0 Å². The molecule has 1 N–H and O–H groups in total. The summed E-state index contributed by atoms with van der Waals surface area (Å²) in [4.78, 5) is 8.36. The van der Waals surface area contributed by atoms with E-state index in [2.05, 4.69) is 0 Å². The molecule has 0 rings (SSSR count). The van der Waals surface area contributed by atoms with Crippen LogP contribution < -0.4 is 0 Å². The van der Waals surface area contributed by atoms with Gasteiger partial charge in [-0.2, -0.15) is 0 Å². The molecule has 3 radical (unpaired) electrons. The second kappa shape index (κ2) is 3.73. The summed E-state index contributed by atoms with van der Waals surface area (Å²) in [7, 11) is 0. The average Bonchev–Trinajstić information content (AvgIpc) is 0.811. The van der Waals surface area contributed by atoms with Crippen LogP contribution in [-0.4, -0.2) is 27.7 Å². The lowest BCUT2D eigenvalue weighted by atomic mass is 13.1. The van der Waals surface area contributed by atoms with Crippen molar-refractivity contribution in [2.75, 3.05) is 0 Å². The Labute approximate surface area is 38.6 Å². The first-order valence-electron chi connectivity index (χ1n) is 0.565. The van der Waals surface area contributed by atoms with E-state index < -0.39 is 5.09 Å². The number of nitrogens with zero attached hydrogens (tertiary/aromatic N) is 1. The van der Waals surface area contributed by atoms with Crippen LogP contribution in [0, 0.1) is 10.1 Å². The van der Waals surface area contributed by atoms with Crippen molar-refractivity contribution in [1.82, 2.24) is 0 Å². The number of hydrogen-bond acceptors (Lipinski definition) is 2. The van der Waals surface area contributed by atoms with Gasteiger partial charge in [0, 0.05) is 17.4 Å². The van der Waals surface area contributed by atoms with E-state index in [9.17, 15) is 0 Å². The molecule has 0 heterocycles. The molecule has 0 aliphatic rings. The van der Waals surface area contributed by atoms with Gasteiger partial charge in [0.1, 0.15) is 0 Å². The Morgan fingerprint density at radius 1 is 1.80 bits per heavy atom. The predicted molar refractivity (Wildman–Crippen MR) is 14.5 cm³/mol. The largest absolute Gasteiger partial charge is 0.328 e. The van der Waals surface area contributed by atoms with Gasteiger partial charge in [0.2, 0.25) is 0 Å². The van der Waals surface area contributed by atoms with Crippen molar-refractivity contribution in [2.45, 2.75) is 0 Å². The van der Waals surface area contributed by atoms with Crippen LogP contribution in [0.2, 0.25) is 0 Å². The Balaban J connectivity index is 0. The fourth-order valence-corrected chi connectivity index (χ4v) is 0. The first-order valence-corrected chi connectivity index (χ1v) is 0.565. The molecule has 0 amide bonds. The van der Waals surface area contributed by atoms with Crippen LogP contribution in [0.5, 0.6) is 0 Å². The van der Waals surface area contributed by atoms with Gasteiger partial charge < -0.3 is 5.21 Å². The normalized spacial score (nSPS) is 4.80. The van der Waals surface area contributed by atoms with Gasteiger partial charge in [-0.05, 0) is 0 Å². The van der Waals surface area contributed by atoms with Crippen molar-refractivity contribution in [3.8, 4) is 0 Å². The van der Waals surface area contributed by atoms with Crippen molar-refractivity contribution >= 4 is 17.4 Å². The minimum Gasteiger partial charge on any atom is -0.328 e. The molecule has 5 heavy (non-hydrogen) atoms. The van der Waals surface area contributed by atoms with Gasteiger partial charge in [0.15, 0.2) is 0 Å². The molecule has 0 spiro atoms. The Kier molecular flexibility index (Phi) is 6.59. The van der Waals surface area contributed by atoms with E-state index in [0.717, 1.165) is 0 Å². The lowest BCUT2D eigenvalue weighted by Gasteiger charge is -1.56. The smallest absolute Gasteiger partial charge is 0.291 e. The Morgan fingerprint density at radius 3 is 1.80 bits per heavy atom. The van der Waals surface area contributed by atoms with Crippen molar-refractivity contribution in [1.29, 1.82) is 0 Å². The molecule has 0 aliphatic heterocycles. The zero-order chi connectivity index (χ0) is 3.58. The lowest BCUT2D eigenvalue weighted by molar-refractivity contribution is -0.742. The van der Waals surface area contributed by atoms with Crippen LogP contribution in [0.3, 0.4) is 0 Å². The van der Waals surface area contributed by atoms with Crippen molar-refractivity contribution < 1.29 is 10.3 Å². The fourth-order valence-electron chi connectivity index (χ4n) is 0. The molecule has 5 heteroatoms. The third-order valence-corrected chi connectivity index (χ3v) is 0. The van der Waals surface area contributed by atoms with Gasteiger partial charge in [-0.3, -0.25) is 0 Å². The maximum absolute atomic E-state index is 8.36. The van der Waals surface area contributed by atoms with Crippen LogP contribution in [-0.2, 0) is 0 Å². The van der Waals surface area contributed by atoms with E-state index >= 15 is 0 Å². The third kappa shape index (κ3) is 157. The quantitative estimate of drug-likeness (QED) is 0.242. The van der Waals surface area contributed by atoms with Crippen LogP contribution in [0.1, 0.15) is 0 Å². The summed E-state index contributed by atoms with van der Waals surface area (Å²) in [6.07, 6.45) is 0. The fraction of sp³-hybridized carbons (Fsp3) is 0. The van der Waals surface area contributed by atoms with E-state index in [0.29, 0.717) is 0 Å². The highest BCUT2D eigenvalue weighted by Gasteiger charge is 1.65. The summed E-state index contributed by atoms with van der Waals surface area (Å²) >= 11 is 0. The average molecular weight is 90.0 g/mol. The van der Waals surface area contributed by atoms with Crippen molar-refractivity contribution in [3.05, 3.63) is 10.1 Å². The highest BCUT2D eigenvalue weighted by atomic mass is 27.0. The standard InChI is InChI=1S/Al.HNO3/c;2-1(3)4/h;(H,2,3,4). The molecule has 0 atom stereocenters. The Hall–Kier alpha value is -0.268. The SMILES string of the molecule is O=[N+]([O-])O.[Al]. The van der Waals surface area contributed by atoms with Gasteiger partial charge in [-0.15, -0.1) is 10.1 Å². The van der Waals surface area contributed by atoms with Gasteiger partial charge in [-0.1, -0.05) is 0 Å². The highest BCUT2D eigenvalue weighted by Crippen LogP contribution is 1.38. The Bertz CT molecular complexity index is 29.9. The molecule has 0 unspecified atom stereocenters. The van der Waals surface area contributed by atoms with E-state index in [1.807, 2.05) is 0 Å². The molecule has 4 nitrogen and oxygen atoms in total. The zero-order valence-electron chi connectivity index (χ0n) is 2.29. The lowest BCUT2D eigenvalue weighted by Crippen LogP contribution is -1.81. The van der Waals surface area contributed by atoms with Crippen molar-refractivity contribution in [3.63, 3.8) is 0 Å². The molecule has 0 saturated carbocycles. The van der Waals surface area contributed by atoms with Crippen LogP contribution in [0.25, 0.3) is 0 Å². The molecule has 0 saturated heterocycles. The van der Waals surface area contributed by atoms with E-state index in [1.54, 1.807) is 0 Å². The van der Waals surface area contributed by atoms with Crippen LogP contribution >= 0.6 is 0 Å². The maximum Gasteiger partial charge on any atom is 0.291 e. The minimum absolute atomic E-state index is 0. The first-order chi connectivity index (χ1) is 1.73. The second-order valence-electron chi connectivity index (χ2n) is 0.238. The molecule has 0 fully saturated rings. The zero-order valence-corrected chi connectivity index (χ0v) is 3.44. The molecular weight excluding hydrogens is 89.0 g/mol. The summed E-state index contributed by atoms with van der Waals surface area (Å²) in [5, 5.41) is 13.6. The van der Waals surface area contributed by atoms with E-state index in [4.69, 9.17) is 15.3 Å². The molecule has 0 aromatic rings. The van der Waals surface area contributed by atoms with E-state index in [1.165, 1.54) is 0 Å². The van der Waals surface area contributed by atoms with Gasteiger partial charge in [0.25, 0.3) is 5.09 Å². The van der Waals surface area contributed by atoms with Crippen LogP contribution in [0.4, 0.5) is 0 Å². The molecule has 0 aromatic heterocycles. The highest BCUT2D eigenvalue weighted by molar-refractivity contribution is 5.75. The minimum atomic E-state index is -1.50. The van der Waals surface area contributed by atoms with Gasteiger partial charge in [-0.25, -0.2) is 0 Å². The maximum atomic E-state index is 8.36. The summed E-state index contributed by atoms with van der Waals surface area (Å²) in [6.45, 7) is 0. The number of rotatable bonds is 0. The van der Waals surface area contributed by atoms with Crippen LogP contribution in [0.15, 0.2) is 0 Å². The van der Waals surface area contributed by atoms with Crippen molar-refractivity contribution in [2.24, 2.45) is 0 Å². The third-order valence-electron chi connectivity index (χ3n) is 0. The molecule has 0 aromatic carbocycles. The summed E-state index contributed by atoms with van der Waals surface area (Å²) < 4.78 is 0. The summed E-state index contributed by atoms with van der Waals surface area (Å²) in [6, 6.07) is 0. The second-order valence-corrected chi connectivity index (χ2v) is 0.238. The summed E-state index contributed by atoms with van der Waals surface area (Å²) in [5.74, 6) is 0. The molecule has 0 aliphatic carbocycles. The molecule has 0 bridgehead atoms. The molecule has 27 valence electrons. The number of hydrogen-bond donors (Lipinski definition) is 1. The summed E-state index contributed by atoms with van der Waals surface area (Å²) in [5.41, 5.74) is 0. The first kappa shape index (κ1) is 8.83. The Morgan fingerprint density at radius 2 is 1.80 bits per heavy atom. The van der Waals surface area contributed by atoms with E-state index in [-0.39, 0.29) is 17.4 Å².